The lowest BCUT2D eigenvalue weighted by Crippen LogP contribution is -2.45. The molecular weight excluding hydrogens is 675 g/mol. The Kier molecular flexibility index (Phi) is 44.4. The first-order valence-corrected chi connectivity index (χ1v) is 23.7. The lowest BCUT2D eigenvalue weighted by molar-refractivity contribution is -0.123. The van der Waals surface area contributed by atoms with Gasteiger partial charge in [-0.2, -0.15) is 0 Å². The van der Waals surface area contributed by atoms with Gasteiger partial charge in [0, 0.05) is 6.42 Å². The van der Waals surface area contributed by atoms with E-state index in [0.29, 0.717) is 6.42 Å². The van der Waals surface area contributed by atoms with Crippen molar-refractivity contribution in [3.8, 4) is 0 Å². The summed E-state index contributed by atoms with van der Waals surface area (Å²) in [5, 5.41) is 22.9. The van der Waals surface area contributed by atoms with Gasteiger partial charge in [0.1, 0.15) is 0 Å². The minimum atomic E-state index is -0.860. The van der Waals surface area contributed by atoms with Gasteiger partial charge < -0.3 is 15.5 Å². The standard InChI is InChI=1S/C51H91NO3/c1-3-5-7-9-11-13-15-16-17-18-19-20-21-22-23-24-25-26-27-28-29-30-31-32-33-34-35-36-37-39-41-43-45-47-51(55)52-49(48-53)50(54)46-44-42-40-38-14-12-10-8-6-4-2/h5,7,11,13-14,16-17,19-20,38,44,46,49-50,53-54H,3-4,6,8-10,12,15,18,21-37,39-43,45,47-48H2,1-2H3,(H,52,55)/b7-5-,13-11-,17-16-,20-19-,38-14+,46-44+. The first-order chi connectivity index (χ1) is 27.2. The average molecular weight is 766 g/mol. The van der Waals surface area contributed by atoms with Crippen molar-refractivity contribution >= 4 is 5.91 Å². The SMILES string of the molecule is CC/C=C\C/C=C\C/C=C\C/C=C\CCCCCCCCCCCCCCCCCCCCCCC(=O)NC(CO)C(O)/C=C/CC/C=C/CCCCCC. The molecule has 2 unspecified atom stereocenters. The number of amides is 1. The first-order valence-electron chi connectivity index (χ1n) is 23.7. The van der Waals surface area contributed by atoms with Gasteiger partial charge in [-0.05, 0) is 70.6 Å². The van der Waals surface area contributed by atoms with Gasteiger partial charge in [0.2, 0.25) is 5.91 Å². The summed E-state index contributed by atoms with van der Waals surface area (Å²) in [4.78, 5) is 12.4. The average Bonchev–Trinajstić information content (AvgIpc) is 3.19. The van der Waals surface area contributed by atoms with Crippen molar-refractivity contribution in [2.24, 2.45) is 0 Å². The predicted octanol–water partition coefficient (Wildman–Crippen LogP) is 15.1. The molecule has 0 aliphatic heterocycles. The Morgan fingerprint density at radius 3 is 1.27 bits per heavy atom. The minimum absolute atomic E-state index is 0.0760. The molecule has 4 nitrogen and oxygen atoms in total. The third-order valence-electron chi connectivity index (χ3n) is 10.4. The first kappa shape index (κ1) is 52.8. The molecule has 4 heteroatoms. The van der Waals surface area contributed by atoms with Crippen molar-refractivity contribution in [2.75, 3.05) is 6.61 Å². The maximum absolute atomic E-state index is 12.4. The topological polar surface area (TPSA) is 69.6 Å². The smallest absolute Gasteiger partial charge is 0.220 e. The number of unbranched alkanes of at least 4 members (excludes halogenated alkanes) is 25. The van der Waals surface area contributed by atoms with E-state index in [4.69, 9.17) is 0 Å². The Morgan fingerprint density at radius 2 is 0.818 bits per heavy atom. The van der Waals surface area contributed by atoms with Crippen molar-refractivity contribution in [2.45, 2.75) is 238 Å². The molecule has 0 heterocycles. The largest absolute Gasteiger partial charge is 0.394 e. The summed E-state index contributed by atoms with van der Waals surface area (Å²) in [7, 11) is 0. The van der Waals surface area contributed by atoms with E-state index in [-0.39, 0.29) is 12.5 Å². The number of nitrogens with one attached hydrogen (secondary N) is 1. The van der Waals surface area contributed by atoms with Gasteiger partial charge in [-0.25, -0.2) is 0 Å². The lowest BCUT2D eigenvalue weighted by atomic mass is 10.0. The number of carbonyl (C=O) groups is 1. The van der Waals surface area contributed by atoms with Gasteiger partial charge >= 0.3 is 0 Å². The maximum atomic E-state index is 12.4. The highest BCUT2D eigenvalue weighted by molar-refractivity contribution is 5.76. The van der Waals surface area contributed by atoms with Crippen LogP contribution in [0.1, 0.15) is 226 Å². The molecule has 55 heavy (non-hydrogen) atoms. The van der Waals surface area contributed by atoms with Crippen LogP contribution in [0.2, 0.25) is 0 Å². The Bertz CT molecular complexity index is 961. The Labute approximate surface area is 342 Å². The Hall–Kier alpha value is -2.17. The monoisotopic (exact) mass is 766 g/mol. The van der Waals surface area contributed by atoms with E-state index in [1.165, 1.54) is 148 Å². The molecule has 3 N–H and O–H groups in total. The molecule has 318 valence electrons. The van der Waals surface area contributed by atoms with Crippen LogP contribution >= 0.6 is 0 Å². The molecule has 0 fully saturated rings. The number of aliphatic hydroxyl groups excluding tert-OH is 2. The lowest BCUT2D eigenvalue weighted by Gasteiger charge is -2.19. The van der Waals surface area contributed by atoms with Crippen LogP contribution < -0.4 is 5.32 Å². The molecule has 0 aromatic rings. The van der Waals surface area contributed by atoms with Crippen LogP contribution in [0.4, 0.5) is 0 Å². The molecule has 2 atom stereocenters. The third kappa shape index (κ3) is 42.8. The zero-order valence-corrected chi connectivity index (χ0v) is 36.4. The number of allylic oxidation sites excluding steroid dienone is 11. The molecule has 0 saturated carbocycles. The molecule has 0 aliphatic carbocycles. The highest BCUT2D eigenvalue weighted by Crippen LogP contribution is 2.16. The third-order valence-corrected chi connectivity index (χ3v) is 10.4. The zero-order valence-electron chi connectivity index (χ0n) is 36.4. The van der Waals surface area contributed by atoms with Crippen LogP contribution in [0.3, 0.4) is 0 Å². The summed E-state index contributed by atoms with van der Waals surface area (Å²) in [6, 6.07) is -0.638. The summed E-state index contributed by atoms with van der Waals surface area (Å²) in [5.41, 5.74) is 0. The minimum Gasteiger partial charge on any atom is -0.394 e. The van der Waals surface area contributed by atoms with E-state index in [1.54, 1.807) is 6.08 Å². The van der Waals surface area contributed by atoms with Gasteiger partial charge in [-0.15, -0.1) is 0 Å². The molecule has 0 radical (unpaired) electrons. The second-order valence-corrected chi connectivity index (χ2v) is 15.8. The molecule has 0 spiro atoms. The zero-order chi connectivity index (χ0) is 40.0. The fraction of sp³-hybridized carbons (Fsp3) is 0.745. The van der Waals surface area contributed by atoms with Gasteiger partial charge in [-0.1, -0.05) is 222 Å². The Balaban J connectivity index is 3.45. The van der Waals surface area contributed by atoms with Crippen molar-refractivity contribution in [1.82, 2.24) is 5.32 Å². The summed E-state index contributed by atoms with van der Waals surface area (Å²) in [6.07, 6.45) is 66.2. The summed E-state index contributed by atoms with van der Waals surface area (Å²) in [6.45, 7) is 4.15. The van der Waals surface area contributed by atoms with E-state index in [2.05, 4.69) is 79.9 Å². The fourth-order valence-electron chi connectivity index (χ4n) is 6.83. The molecule has 0 aliphatic rings. The van der Waals surface area contributed by atoms with Crippen LogP contribution in [0.25, 0.3) is 0 Å². The Morgan fingerprint density at radius 1 is 0.455 bits per heavy atom. The van der Waals surface area contributed by atoms with E-state index >= 15 is 0 Å². The van der Waals surface area contributed by atoms with E-state index < -0.39 is 12.1 Å². The van der Waals surface area contributed by atoms with E-state index in [9.17, 15) is 15.0 Å². The predicted molar refractivity (Wildman–Crippen MR) is 244 cm³/mol. The molecule has 0 bridgehead atoms. The van der Waals surface area contributed by atoms with Gasteiger partial charge in [0.05, 0.1) is 18.8 Å². The quantitative estimate of drug-likeness (QED) is 0.0428. The maximum Gasteiger partial charge on any atom is 0.220 e. The second kappa shape index (κ2) is 46.2. The number of hydrogen-bond acceptors (Lipinski definition) is 3. The number of rotatable bonds is 42. The normalized spacial score (nSPS) is 13.6. The van der Waals surface area contributed by atoms with Gasteiger partial charge in [-0.3, -0.25) is 4.79 Å². The van der Waals surface area contributed by atoms with Gasteiger partial charge in [0.25, 0.3) is 0 Å². The second-order valence-electron chi connectivity index (χ2n) is 15.8. The molecule has 0 aromatic heterocycles. The van der Waals surface area contributed by atoms with Crippen molar-refractivity contribution in [3.05, 3.63) is 72.9 Å². The molecule has 0 rings (SSSR count). The highest BCUT2D eigenvalue weighted by Gasteiger charge is 2.17. The number of hydrogen-bond donors (Lipinski definition) is 3. The molecular formula is C51H91NO3. The molecule has 1 amide bonds. The molecule has 0 aromatic carbocycles. The number of carbonyl (C=O) groups excluding carboxylic acids is 1. The number of aliphatic hydroxyl groups is 2. The van der Waals surface area contributed by atoms with Crippen LogP contribution in [0.15, 0.2) is 72.9 Å². The summed E-state index contributed by atoms with van der Waals surface area (Å²) < 4.78 is 0. The van der Waals surface area contributed by atoms with Crippen LogP contribution in [0.5, 0.6) is 0 Å². The van der Waals surface area contributed by atoms with Gasteiger partial charge in [0.15, 0.2) is 0 Å². The molecule has 0 saturated heterocycles. The summed E-state index contributed by atoms with van der Waals surface area (Å²) >= 11 is 0. The highest BCUT2D eigenvalue weighted by atomic mass is 16.3. The van der Waals surface area contributed by atoms with Crippen LogP contribution in [-0.2, 0) is 4.79 Å². The van der Waals surface area contributed by atoms with Crippen molar-refractivity contribution in [1.29, 1.82) is 0 Å². The van der Waals surface area contributed by atoms with E-state index in [0.717, 1.165) is 57.8 Å². The summed E-state index contributed by atoms with van der Waals surface area (Å²) in [5.74, 6) is -0.0760. The van der Waals surface area contributed by atoms with E-state index in [1.807, 2.05) is 6.08 Å². The fourth-order valence-corrected chi connectivity index (χ4v) is 6.83. The van der Waals surface area contributed by atoms with Crippen LogP contribution in [0, 0.1) is 0 Å². The van der Waals surface area contributed by atoms with Crippen LogP contribution in [-0.4, -0.2) is 34.9 Å². The van der Waals surface area contributed by atoms with Crippen molar-refractivity contribution in [3.63, 3.8) is 0 Å². The van der Waals surface area contributed by atoms with Crippen molar-refractivity contribution < 1.29 is 15.0 Å².